The summed E-state index contributed by atoms with van der Waals surface area (Å²) in [7, 11) is 1.93. The van der Waals surface area contributed by atoms with Gasteiger partial charge >= 0.3 is 0 Å². The minimum absolute atomic E-state index is 0.453. The molecule has 2 atom stereocenters. The fraction of sp³-hybridized carbons (Fsp3) is 0.750. The van der Waals surface area contributed by atoms with Crippen molar-refractivity contribution in [2.45, 2.75) is 46.3 Å². The zero-order valence-corrected chi connectivity index (χ0v) is 14.5. The molecule has 0 bridgehead atoms. The molecule has 124 valence electrons. The second-order valence-corrected chi connectivity index (χ2v) is 6.49. The van der Waals surface area contributed by atoms with Crippen LogP contribution in [0, 0.1) is 5.92 Å². The van der Waals surface area contributed by atoms with E-state index in [0.717, 1.165) is 31.2 Å². The van der Waals surface area contributed by atoms with Gasteiger partial charge in [0.25, 0.3) is 0 Å². The predicted octanol–water partition coefficient (Wildman–Crippen LogP) is 1.20. The second-order valence-electron chi connectivity index (χ2n) is 6.49. The molecule has 1 aromatic heterocycles. The van der Waals surface area contributed by atoms with Crippen LogP contribution in [0.25, 0.3) is 0 Å². The lowest BCUT2D eigenvalue weighted by molar-refractivity contribution is 0.265. The summed E-state index contributed by atoms with van der Waals surface area (Å²) in [6.45, 7) is 12.7. The molecule has 2 heterocycles. The second kappa shape index (κ2) is 7.63. The molecule has 1 saturated heterocycles. The average molecular weight is 306 g/mol. The first-order valence-electron chi connectivity index (χ1n) is 8.26. The van der Waals surface area contributed by atoms with Crippen molar-refractivity contribution in [2.75, 3.05) is 19.6 Å². The Kier molecular flexibility index (Phi) is 5.83. The van der Waals surface area contributed by atoms with Crippen LogP contribution in [-0.4, -0.2) is 52.4 Å². The van der Waals surface area contributed by atoms with Gasteiger partial charge in [-0.05, 0) is 26.7 Å². The molecular formula is C16H30N6. The van der Waals surface area contributed by atoms with Crippen molar-refractivity contribution in [3.05, 3.63) is 18.0 Å². The summed E-state index contributed by atoms with van der Waals surface area (Å²) in [5.74, 6) is 1.53. The molecule has 2 rings (SSSR count). The Labute approximate surface area is 134 Å². The van der Waals surface area contributed by atoms with Crippen LogP contribution in [0.3, 0.4) is 0 Å². The lowest BCUT2D eigenvalue weighted by atomic mass is 10.1. The summed E-state index contributed by atoms with van der Waals surface area (Å²) in [4.78, 5) is 7.21. The highest BCUT2D eigenvalue weighted by molar-refractivity contribution is 5.80. The van der Waals surface area contributed by atoms with Gasteiger partial charge in [-0.25, -0.2) is 4.99 Å². The maximum Gasteiger partial charge on any atom is 0.191 e. The quantitative estimate of drug-likeness (QED) is 0.634. The fourth-order valence-electron chi connectivity index (χ4n) is 2.83. The highest BCUT2D eigenvalue weighted by atomic mass is 15.3. The van der Waals surface area contributed by atoms with Gasteiger partial charge in [-0.2, -0.15) is 5.10 Å². The summed E-state index contributed by atoms with van der Waals surface area (Å²) in [5, 5.41) is 11.1. The first-order chi connectivity index (χ1) is 10.5. The van der Waals surface area contributed by atoms with Crippen molar-refractivity contribution in [3.63, 3.8) is 0 Å². The zero-order chi connectivity index (χ0) is 16.1. The number of aromatic nitrogens is 2. The van der Waals surface area contributed by atoms with Crippen molar-refractivity contribution >= 4 is 5.96 Å². The summed E-state index contributed by atoms with van der Waals surface area (Å²) in [6.07, 6.45) is 3.87. The number of nitrogens with one attached hydrogen (secondary N) is 2. The van der Waals surface area contributed by atoms with Gasteiger partial charge < -0.3 is 10.6 Å². The summed E-state index contributed by atoms with van der Waals surface area (Å²) < 4.78 is 1.81. The van der Waals surface area contributed by atoms with Crippen molar-refractivity contribution in [3.8, 4) is 0 Å². The normalized spacial score (nSPS) is 23.3. The van der Waals surface area contributed by atoms with Crippen molar-refractivity contribution in [1.82, 2.24) is 25.3 Å². The van der Waals surface area contributed by atoms with Gasteiger partial charge in [-0.1, -0.05) is 6.92 Å². The Hall–Kier alpha value is -1.56. The molecular weight excluding hydrogens is 276 g/mol. The van der Waals surface area contributed by atoms with E-state index >= 15 is 0 Å². The molecule has 1 aliphatic rings. The standard InChI is InChI=1S/C16H30N6/c1-6-17-16(18-7-14-8-19-21(5)10-14)20-15-11-22(12(2)3)9-13(15)4/h8,10,12-13,15H,6-7,9,11H2,1-5H3,(H2,17,18,20). The van der Waals surface area contributed by atoms with Gasteiger partial charge in [0.1, 0.15) is 0 Å². The third-order valence-electron chi connectivity index (χ3n) is 4.22. The molecule has 0 amide bonds. The van der Waals surface area contributed by atoms with Crippen LogP contribution in [0.4, 0.5) is 0 Å². The Morgan fingerprint density at radius 3 is 2.77 bits per heavy atom. The topological polar surface area (TPSA) is 57.5 Å². The zero-order valence-electron chi connectivity index (χ0n) is 14.5. The van der Waals surface area contributed by atoms with E-state index in [-0.39, 0.29) is 0 Å². The molecule has 0 radical (unpaired) electrons. The van der Waals surface area contributed by atoms with Crippen LogP contribution in [0.1, 0.15) is 33.3 Å². The van der Waals surface area contributed by atoms with Crippen LogP contribution in [0.15, 0.2) is 17.4 Å². The number of rotatable bonds is 5. The van der Waals surface area contributed by atoms with E-state index in [2.05, 4.69) is 53.3 Å². The molecule has 1 aliphatic heterocycles. The molecule has 0 saturated carbocycles. The number of aryl methyl sites for hydroxylation is 1. The van der Waals surface area contributed by atoms with Gasteiger partial charge in [0.15, 0.2) is 5.96 Å². The fourth-order valence-corrected chi connectivity index (χ4v) is 2.83. The number of likely N-dealkylation sites (tertiary alicyclic amines) is 1. The third kappa shape index (κ3) is 4.47. The van der Waals surface area contributed by atoms with Crippen molar-refractivity contribution in [1.29, 1.82) is 0 Å². The minimum atomic E-state index is 0.453. The number of aliphatic imine (C=N–C) groups is 1. The third-order valence-corrected chi connectivity index (χ3v) is 4.22. The number of nitrogens with zero attached hydrogens (tertiary/aromatic N) is 4. The maximum absolute atomic E-state index is 4.69. The van der Waals surface area contributed by atoms with Gasteiger partial charge in [-0.15, -0.1) is 0 Å². The SMILES string of the molecule is CCNC(=NCc1cnn(C)c1)NC1CN(C(C)C)CC1C. The molecule has 1 fully saturated rings. The Morgan fingerprint density at radius 1 is 1.45 bits per heavy atom. The molecule has 0 aromatic carbocycles. The van der Waals surface area contributed by atoms with E-state index in [4.69, 9.17) is 0 Å². The average Bonchev–Trinajstić information content (AvgIpc) is 3.03. The van der Waals surface area contributed by atoms with E-state index in [1.165, 1.54) is 0 Å². The predicted molar refractivity (Wildman–Crippen MR) is 90.8 cm³/mol. The van der Waals surface area contributed by atoms with Crippen LogP contribution in [0.5, 0.6) is 0 Å². The Bertz CT molecular complexity index is 493. The number of hydrogen-bond donors (Lipinski definition) is 2. The van der Waals surface area contributed by atoms with Crippen molar-refractivity contribution < 1.29 is 0 Å². The van der Waals surface area contributed by atoms with E-state index in [1.807, 2.05) is 24.1 Å². The molecule has 0 aliphatic carbocycles. The smallest absolute Gasteiger partial charge is 0.191 e. The van der Waals surface area contributed by atoms with Crippen LogP contribution >= 0.6 is 0 Å². The molecule has 22 heavy (non-hydrogen) atoms. The molecule has 2 N–H and O–H groups in total. The highest BCUT2D eigenvalue weighted by Gasteiger charge is 2.31. The summed E-state index contributed by atoms with van der Waals surface area (Å²) in [6, 6.07) is 1.05. The van der Waals surface area contributed by atoms with E-state index < -0.39 is 0 Å². The van der Waals surface area contributed by atoms with Gasteiger partial charge in [0.2, 0.25) is 0 Å². The first kappa shape index (κ1) is 16.8. The van der Waals surface area contributed by atoms with Crippen LogP contribution in [-0.2, 0) is 13.6 Å². The molecule has 6 nitrogen and oxygen atoms in total. The Morgan fingerprint density at radius 2 is 2.23 bits per heavy atom. The van der Waals surface area contributed by atoms with Gasteiger partial charge in [0, 0.05) is 50.5 Å². The summed E-state index contributed by atoms with van der Waals surface area (Å²) >= 11 is 0. The first-order valence-corrected chi connectivity index (χ1v) is 8.26. The Balaban J connectivity index is 1.96. The van der Waals surface area contributed by atoms with Crippen LogP contribution < -0.4 is 10.6 Å². The van der Waals surface area contributed by atoms with Gasteiger partial charge in [0.05, 0.1) is 12.7 Å². The van der Waals surface area contributed by atoms with E-state index in [1.54, 1.807) is 0 Å². The largest absolute Gasteiger partial charge is 0.357 e. The number of guanidine groups is 1. The van der Waals surface area contributed by atoms with E-state index in [0.29, 0.717) is 24.5 Å². The molecule has 6 heteroatoms. The van der Waals surface area contributed by atoms with E-state index in [9.17, 15) is 0 Å². The molecule has 2 unspecified atom stereocenters. The maximum atomic E-state index is 4.69. The molecule has 1 aromatic rings. The van der Waals surface area contributed by atoms with Crippen LogP contribution in [0.2, 0.25) is 0 Å². The van der Waals surface area contributed by atoms with Gasteiger partial charge in [-0.3, -0.25) is 9.58 Å². The molecule has 0 spiro atoms. The highest BCUT2D eigenvalue weighted by Crippen LogP contribution is 2.18. The van der Waals surface area contributed by atoms with Crippen molar-refractivity contribution in [2.24, 2.45) is 18.0 Å². The monoisotopic (exact) mass is 306 g/mol. The lowest BCUT2D eigenvalue weighted by Crippen LogP contribution is -2.46. The minimum Gasteiger partial charge on any atom is -0.357 e. The summed E-state index contributed by atoms with van der Waals surface area (Å²) in [5.41, 5.74) is 1.13. The lowest BCUT2D eigenvalue weighted by Gasteiger charge is -2.21. The number of hydrogen-bond acceptors (Lipinski definition) is 3.